The topological polar surface area (TPSA) is 90.5 Å². The molecule has 4 aromatic rings. The molecule has 0 spiro atoms. The summed E-state index contributed by atoms with van der Waals surface area (Å²) in [5.74, 6) is -1.50. The van der Waals surface area contributed by atoms with E-state index < -0.39 is 23.9 Å². The Balaban J connectivity index is 1.58. The number of ether oxygens (including phenoxy) is 2. The van der Waals surface area contributed by atoms with Crippen molar-refractivity contribution in [2.75, 3.05) is 6.61 Å². The lowest BCUT2D eigenvalue weighted by molar-refractivity contribution is -0.148. The minimum Gasteiger partial charge on any atom is -0.390 e. The normalized spacial score (nSPS) is 30.1. The second kappa shape index (κ2) is 6.68. The molecule has 6 nitrogen and oxygen atoms in total. The van der Waals surface area contributed by atoms with Gasteiger partial charge in [-0.25, -0.2) is 0 Å². The summed E-state index contributed by atoms with van der Waals surface area (Å²) < 4.78 is 12.0. The zero-order chi connectivity index (χ0) is 21.3. The van der Waals surface area contributed by atoms with Gasteiger partial charge in [-0.2, -0.15) is 0 Å². The number of H-pyrrole nitrogens is 2. The smallest absolute Gasteiger partial charge is 0.163 e. The number of hydrogen-bond acceptors (Lipinski definition) is 4. The Morgan fingerprint density at radius 3 is 2.39 bits per heavy atom. The van der Waals surface area contributed by atoms with Gasteiger partial charge in [-0.15, -0.1) is 0 Å². The fourth-order valence-electron chi connectivity index (χ4n) is 5.53. The first kappa shape index (κ1) is 19.1. The van der Waals surface area contributed by atoms with E-state index >= 15 is 0 Å². The molecule has 31 heavy (non-hydrogen) atoms. The largest absolute Gasteiger partial charge is 0.390 e. The maximum absolute atomic E-state index is 11.4. The van der Waals surface area contributed by atoms with Gasteiger partial charge in [0.2, 0.25) is 0 Å². The first-order valence-electron chi connectivity index (χ1n) is 10.8. The monoisotopic (exact) mass is 418 g/mol. The number of aromatic amines is 2. The standard InChI is InChI=1S/C25H26N2O4/c1-25(2)30-12-18(31-25)21-19-14-8-4-6-10-17(14)27-22(19)20(23(28)24(21)29)15-11-26-16-9-5-3-7-13(15)16/h3-11,18,20-21,23-24,26-29H,12H2,1-2H3. The number of hydrogen-bond donors (Lipinski definition) is 4. The van der Waals surface area contributed by atoms with Crippen LogP contribution in [0, 0.1) is 0 Å². The van der Waals surface area contributed by atoms with Crippen molar-refractivity contribution >= 4 is 21.8 Å². The summed E-state index contributed by atoms with van der Waals surface area (Å²) in [7, 11) is 0. The van der Waals surface area contributed by atoms with E-state index in [9.17, 15) is 10.2 Å². The van der Waals surface area contributed by atoms with E-state index in [1.807, 2.05) is 62.5 Å². The molecule has 2 aromatic heterocycles. The van der Waals surface area contributed by atoms with Crippen molar-refractivity contribution in [3.63, 3.8) is 0 Å². The Bertz CT molecular complexity index is 1270. The number of rotatable bonds is 2. The minimum atomic E-state index is -0.993. The van der Waals surface area contributed by atoms with Gasteiger partial charge in [-0.1, -0.05) is 36.4 Å². The zero-order valence-corrected chi connectivity index (χ0v) is 17.5. The molecule has 0 amide bonds. The van der Waals surface area contributed by atoms with Crippen LogP contribution in [-0.2, 0) is 9.47 Å². The highest BCUT2D eigenvalue weighted by Gasteiger charge is 2.50. The maximum Gasteiger partial charge on any atom is 0.163 e. The molecule has 5 unspecified atom stereocenters. The van der Waals surface area contributed by atoms with Gasteiger partial charge < -0.3 is 29.7 Å². The van der Waals surface area contributed by atoms with Crippen LogP contribution in [0.15, 0.2) is 54.7 Å². The molecular weight excluding hydrogens is 392 g/mol. The fraction of sp³-hybridized carbons (Fsp3) is 0.360. The summed E-state index contributed by atoms with van der Waals surface area (Å²) in [6.07, 6.45) is -0.384. The summed E-state index contributed by atoms with van der Waals surface area (Å²) in [6, 6.07) is 16.1. The van der Waals surface area contributed by atoms with E-state index in [0.29, 0.717) is 6.61 Å². The Kier molecular flexibility index (Phi) is 4.11. The number of aromatic nitrogens is 2. The number of para-hydroxylation sites is 2. The minimum absolute atomic E-state index is 0.346. The molecule has 2 aromatic carbocycles. The van der Waals surface area contributed by atoms with E-state index in [2.05, 4.69) is 16.0 Å². The lowest BCUT2D eigenvalue weighted by atomic mass is 9.71. The van der Waals surface area contributed by atoms with Crippen LogP contribution in [-0.4, -0.2) is 50.9 Å². The third-order valence-corrected chi connectivity index (χ3v) is 6.87. The lowest BCUT2D eigenvalue weighted by Gasteiger charge is -2.40. The van der Waals surface area contributed by atoms with Gasteiger partial charge in [-0.05, 0) is 37.1 Å². The van der Waals surface area contributed by atoms with Crippen LogP contribution in [0.4, 0.5) is 0 Å². The fourth-order valence-corrected chi connectivity index (χ4v) is 5.53. The van der Waals surface area contributed by atoms with Gasteiger partial charge in [0.1, 0.15) is 0 Å². The highest BCUT2D eigenvalue weighted by atomic mass is 16.7. The second-order valence-electron chi connectivity index (χ2n) is 9.14. The summed E-state index contributed by atoms with van der Waals surface area (Å²) in [5, 5.41) is 24.9. The number of aliphatic hydroxyl groups excluding tert-OH is 2. The molecule has 4 N–H and O–H groups in total. The van der Waals surface area contributed by atoms with Crippen LogP contribution in [0.5, 0.6) is 0 Å². The van der Waals surface area contributed by atoms with Gasteiger partial charge in [0, 0.05) is 39.6 Å². The molecule has 1 saturated heterocycles. The molecule has 5 atom stereocenters. The third kappa shape index (κ3) is 2.79. The average Bonchev–Trinajstić information content (AvgIpc) is 3.44. The molecule has 3 heterocycles. The molecule has 1 fully saturated rings. The molecular formula is C25H26N2O4. The molecule has 1 aliphatic heterocycles. The highest BCUT2D eigenvalue weighted by Crippen LogP contribution is 2.49. The van der Waals surface area contributed by atoms with Crippen LogP contribution in [0.1, 0.15) is 42.5 Å². The Morgan fingerprint density at radius 1 is 0.935 bits per heavy atom. The van der Waals surface area contributed by atoms with E-state index in [1.165, 1.54) is 0 Å². The molecule has 0 radical (unpaired) electrons. The molecule has 0 bridgehead atoms. The van der Waals surface area contributed by atoms with E-state index in [1.54, 1.807) is 0 Å². The van der Waals surface area contributed by atoms with Crippen LogP contribution < -0.4 is 0 Å². The molecule has 160 valence electrons. The Labute approximate surface area is 179 Å². The number of aliphatic hydroxyl groups is 2. The quantitative estimate of drug-likeness (QED) is 0.399. The van der Waals surface area contributed by atoms with E-state index in [4.69, 9.17) is 9.47 Å². The SMILES string of the molecule is CC1(C)OCC(C2c3c([nH]c4ccccc34)C(c3c[nH]c4ccccc34)C(O)C2O)O1. The highest BCUT2D eigenvalue weighted by molar-refractivity contribution is 5.88. The molecule has 6 rings (SSSR count). The Morgan fingerprint density at radius 2 is 1.65 bits per heavy atom. The van der Waals surface area contributed by atoms with Crippen molar-refractivity contribution in [2.45, 2.75) is 49.8 Å². The summed E-state index contributed by atoms with van der Waals surface area (Å²) >= 11 is 0. The van der Waals surface area contributed by atoms with Crippen molar-refractivity contribution < 1.29 is 19.7 Å². The first-order valence-corrected chi connectivity index (χ1v) is 10.8. The maximum atomic E-state index is 11.4. The van der Waals surface area contributed by atoms with Gasteiger partial charge >= 0.3 is 0 Å². The summed E-state index contributed by atoms with van der Waals surface area (Å²) in [6.45, 7) is 4.13. The predicted molar refractivity (Wildman–Crippen MR) is 118 cm³/mol. The van der Waals surface area contributed by atoms with Crippen molar-refractivity contribution in [1.82, 2.24) is 9.97 Å². The molecule has 1 aliphatic carbocycles. The van der Waals surface area contributed by atoms with Crippen molar-refractivity contribution in [1.29, 1.82) is 0 Å². The van der Waals surface area contributed by atoms with Crippen LogP contribution in [0.3, 0.4) is 0 Å². The van der Waals surface area contributed by atoms with Gasteiger partial charge in [0.15, 0.2) is 5.79 Å². The van der Waals surface area contributed by atoms with Crippen LogP contribution >= 0.6 is 0 Å². The van der Waals surface area contributed by atoms with Gasteiger partial charge in [0.05, 0.1) is 30.8 Å². The number of benzene rings is 2. The lowest BCUT2D eigenvalue weighted by Crippen LogP contribution is -2.46. The predicted octanol–water partition coefficient (Wildman–Crippen LogP) is 3.75. The second-order valence-corrected chi connectivity index (χ2v) is 9.14. The van der Waals surface area contributed by atoms with Crippen molar-refractivity contribution in [3.05, 3.63) is 71.5 Å². The van der Waals surface area contributed by atoms with Crippen molar-refractivity contribution in [3.8, 4) is 0 Å². The molecule has 0 saturated carbocycles. The Hall–Kier alpha value is -2.64. The van der Waals surface area contributed by atoms with Crippen LogP contribution in [0.2, 0.25) is 0 Å². The average molecular weight is 418 g/mol. The molecule has 6 heteroatoms. The number of fused-ring (bicyclic) bond motifs is 4. The summed E-state index contributed by atoms with van der Waals surface area (Å²) in [4.78, 5) is 6.87. The van der Waals surface area contributed by atoms with Gasteiger partial charge in [-0.3, -0.25) is 0 Å². The number of nitrogens with one attached hydrogen (secondary N) is 2. The van der Waals surface area contributed by atoms with E-state index in [-0.39, 0.29) is 12.0 Å². The van der Waals surface area contributed by atoms with Gasteiger partial charge in [0.25, 0.3) is 0 Å². The van der Waals surface area contributed by atoms with Crippen molar-refractivity contribution in [2.24, 2.45) is 0 Å². The third-order valence-electron chi connectivity index (χ3n) is 6.87. The first-order chi connectivity index (χ1) is 14.9. The zero-order valence-electron chi connectivity index (χ0n) is 17.5. The summed E-state index contributed by atoms with van der Waals surface area (Å²) in [5.41, 5.74) is 4.91. The molecule has 2 aliphatic rings. The van der Waals surface area contributed by atoms with E-state index in [0.717, 1.165) is 38.6 Å². The van der Waals surface area contributed by atoms with Crippen LogP contribution in [0.25, 0.3) is 21.8 Å².